The Balaban J connectivity index is 1.39. The van der Waals surface area contributed by atoms with E-state index in [1.807, 2.05) is 0 Å². The van der Waals surface area contributed by atoms with Crippen molar-refractivity contribution in [2.75, 3.05) is 18.5 Å². The summed E-state index contributed by atoms with van der Waals surface area (Å²) >= 11 is 6.47. The van der Waals surface area contributed by atoms with Gasteiger partial charge >= 0.3 is 6.18 Å². The van der Waals surface area contributed by atoms with E-state index in [4.69, 9.17) is 11.6 Å². The quantitative estimate of drug-likeness (QED) is 0.255. The van der Waals surface area contributed by atoms with Crippen molar-refractivity contribution < 1.29 is 31.5 Å². The Morgan fingerprint density at radius 3 is 2.44 bits per heavy atom. The lowest BCUT2D eigenvalue weighted by molar-refractivity contribution is -0.192. The summed E-state index contributed by atoms with van der Waals surface area (Å²) < 4.78 is 68.4. The van der Waals surface area contributed by atoms with E-state index in [-0.39, 0.29) is 43.2 Å². The lowest BCUT2D eigenvalue weighted by atomic mass is 9.87. The van der Waals surface area contributed by atoms with Crippen LogP contribution in [0.3, 0.4) is 0 Å². The van der Waals surface area contributed by atoms with Crippen LogP contribution in [0.1, 0.15) is 72.8 Å². The highest BCUT2D eigenvalue weighted by Gasteiger charge is 2.68. The number of carbonyl (C=O) groups is 2. The minimum atomic E-state index is -4.60. The van der Waals surface area contributed by atoms with Crippen LogP contribution in [0.15, 0.2) is 24.3 Å². The Morgan fingerprint density at radius 1 is 1.13 bits per heavy atom. The summed E-state index contributed by atoms with van der Waals surface area (Å²) in [5.74, 6) is -0.229. The van der Waals surface area contributed by atoms with Crippen LogP contribution >= 0.6 is 11.6 Å². The van der Waals surface area contributed by atoms with Crippen molar-refractivity contribution in [2.24, 2.45) is 18.4 Å². The van der Waals surface area contributed by atoms with E-state index in [2.05, 4.69) is 27.5 Å². The van der Waals surface area contributed by atoms with Crippen LogP contribution in [0.2, 0.25) is 5.02 Å². The third-order valence-corrected chi connectivity index (χ3v) is 9.29. The van der Waals surface area contributed by atoms with Crippen LogP contribution in [-0.4, -0.2) is 58.6 Å². The van der Waals surface area contributed by atoms with Gasteiger partial charge in [0.25, 0.3) is 12.3 Å². The van der Waals surface area contributed by atoms with Crippen LogP contribution < -0.4 is 15.5 Å². The number of amides is 2. The van der Waals surface area contributed by atoms with E-state index in [1.165, 1.54) is 11.9 Å². The monoisotopic (exact) mass is 654 g/mol. The number of anilines is 1. The van der Waals surface area contributed by atoms with E-state index in [0.717, 1.165) is 25.7 Å². The second-order valence-electron chi connectivity index (χ2n) is 12.4. The lowest BCUT2D eigenvalue weighted by Crippen LogP contribution is -2.40. The molecule has 2 N–H and O–H groups in total. The van der Waals surface area contributed by atoms with Crippen molar-refractivity contribution >= 4 is 40.4 Å². The maximum atomic E-state index is 13.4. The molecule has 2 aliphatic carbocycles. The van der Waals surface area contributed by atoms with Gasteiger partial charge < -0.3 is 20.1 Å². The summed E-state index contributed by atoms with van der Waals surface area (Å²) in [4.78, 5) is 36.3. The predicted octanol–water partition coefficient (Wildman–Crippen LogP) is 6.18. The number of nitrogens with zero attached hydrogens (tertiary/aromatic N) is 4. The van der Waals surface area contributed by atoms with Gasteiger partial charge in [0.1, 0.15) is 22.6 Å². The molecule has 2 aliphatic rings. The van der Waals surface area contributed by atoms with Gasteiger partial charge in [0.2, 0.25) is 5.91 Å². The minimum absolute atomic E-state index is 0.0144. The third kappa shape index (κ3) is 7.02. The first-order valence-corrected chi connectivity index (χ1v) is 15.3. The number of hydrogen-bond donors (Lipinski definition) is 2. The minimum Gasteiger partial charge on any atom is -0.353 e. The third-order valence-electron chi connectivity index (χ3n) is 8.93. The van der Waals surface area contributed by atoms with Crippen molar-refractivity contribution in [3.05, 3.63) is 51.8 Å². The molecule has 0 atom stereocenters. The molecule has 2 amide bonds. The molecule has 5 rings (SSSR count). The molecule has 14 heteroatoms. The molecule has 1 aromatic carbocycles. The number of pyridine rings is 1. The first-order chi connectivity index (χ1) is 21.2. The number of nitrogens with one attached hydrogen (secondary N) is 2. The number of aryl methyl sites for hydroxylation is 1. The molecule has 2 fully saturated rings. The molecular weight excluding hydrogens is 619 g/mol. The highest BCUT2D eigenvalue weighted by atomic mass is 35.5. The summed E-state index contributed by atoms with van der Waals surface area (Å²) in [6.07, 6.45) is -3.83. The molecule has 0 spiro atoms. The van der Waals surface area contributed by atoms with Crippen molar-refractivity contribution in [2.45, 2.75) is 77.1 Å². The second-order valence-corrected chi connectivity index (χ2v) is 12.8. The smallest absolute Gasteiger partial charge is 0.353 e. The number of halogens is 6. The van der Waals surface area contributed by atoms with Crippen molar-refractivity contribution in [3.63, 3.8) is 0 Å². The number of rotatable bonds is 10. The van der Waals surface area contributed by atoms with E-state index < -0.39 is 36.4 Å². The van der Waals surface area contributed by atoms with Crippen LogP contribution in [0.25, 0.3) is 11.2 Å². The Morgan fingerprint density at radius 2 is 1.82 bits per heavy atom. The molecular formula is C31H36ClF5N6O2. The standard InChI is InChI=1S/C31H36ClF5N6O2/c1-17-4-7-20(8-5-17)39-28(44)21-14-23-27(41-26(21)42(2)16-24(33)34)43(3)25(40-23)13-19-12-18(6-9-22(19)32)15-38-29(45)30(10-11-30)31(35,36)37/h6,9,12,14,17,20,24H,4-5,7-8,10-11,13,15-16H2,1-3H3,(H,38,45)(H,39,44). The molecule has 0 radical (unpaired) electrons. The van der Waals surface area contributed by atoms with E-state index in [1.54, 1.807) is 35.9 Å². The van der Waals surface area contributed by atoms with E-state index >= 15 is 0 Å². The van der Waals surface area contributed by atoms with Crippen molar-refractivity contribution in [1.82, 2.24) is 25.2 Å². The van der Waals surface area contributed by atoms with Gasteiger partial charge in [-0.05, 0) is 67.7 Å². The van der Waals surface area contributed by atoms with Gasteiger partial charge in [0.15, 0.2) is 5.65 Å². The summed E-state index contributed by atoms with van der Waals surface area (Å²) in [6, 6.07) is 6.46. The van der Waals surface area contributed by atoms with Gasteiger partial charge in [-0.25, -0.2) is 18.7 Å². The maximum absolute atomic E-state index is 13.4. The predicted molar refractivity (Wildman–Crippen MR) is 160 cm³/mol. The normalized spacial score (nSPS) is 19.5. The number of aromatic nitrogens is 3. The molecule has 0 unspecified atom stereocenters. The Labute approximate surface area is 262 Å². The molecule has 2 aromatic heterocycles. The summed E-state index contributed by atoms with van der Waals surface area (Å²) in [6.45, 7) is 1.45. The molecule has 45 heavy (non-hydrogen) atoms. The molecule has 0 saturated heterocycles. The SMILES string of the molecule is CC1CCC(NC(=O)c2cc3nc(Cc4cc(CNC(=O)C5(C(F)(F)F)CC5)ccc4Cl)n(C)c3nc2N(C)CC(F)F)CC1. The van der Waals surface area contributed by atoms with Gasteiger partial charge in [-0.15, -0.1) is 0 Å². The fourth-order valence-electron chi connectivity index (χ4n) is 5.89. The van der Waals surface area contributed by atoms with Crippen LogP contribution in [0.5, 0.6) is 0 Å². The zero-order valence-corrected chi connectivity index (χ0v) is 26.0. The largest absolute Gasteiger partial charge is 0.403 e. The molecule has 244 valence electrons. The van der Waals surface area contributed by atoms with E-state index in [9.17, 15) is 31.5 Å². The van der Waals surface area contributed by atoms with Gasteiger partial charge in [-0.1, -0.05) is 30.7 Å². The fourth-order valence-corrected chi connectivity index (χ4v) is 6.07. The van der Waals surface area contributed by atoms with Crippen molar-refractivity contribution in [1.29, 1.82) is 0 Å². The van der Waals surface area contributed by atoms with Crippen LogP contribution in [0, 0.1) is 11.3 Å². The summed E-state index contributed by atoms with van der Waals surface area (Å²) in [5.41, 5.74) is -0.217. The zero-order valence-electron chi connectivity index (χ0n) is 25.3. The average molecular weight is 655 g/mol. The number of fused-ring (bicyclic) bond motifs is 1. The number of benzene rings is 1. The summed E-state index contributed by atoms with van der Waals surface area (Å²) in [7, 11) is 3.17. The average Bonchev–Trinajstić information content (AvgIpc) is 3.75. The lowest BCUT2D eigenvalue weighted by Gasteiger charge is -2.27. The Kier molecular flexibility index (Phi) is 9.30. The fraction of sp³-hybridized carbons (Fsp3) is 0.548. The number of hydrogen-bond acceptors (Lipinski definition) is 5. The number of alkyl halides is 5. The van der Waals surface area contributed by atoms with Crippen molar-refractivity contribution in [3.8, 4) is 0 Å². The molecule has 0 aliphatic heterocycles. The molecule has 3 aromatic rings. The molecule has 2 heterocycles. The van der Waals surface area contributed by atoms with Gasteiger partial charge in [-0.3, -0.25) is 9.59 Å². The van der Waals surface area contributed by atoms with Crippen LogP contribution in [0.4, 0.5) is 27.8 Å². The first kappa shape index (κ1) is 32.9. The van der Waals surface area contributed by atoms with E-state index in [0.29, 0.717) is 39.1 Å². The molecule has 0 bridgehead atoms. The van der Waals surface area contributed by atoms with Crippen LogP contribution in [-0.2, 0) is 24.8 Å². The highest BCUT2D eigenvalue weighted by molar-refractivity contribution is 6.31. The maximum Gasteiger partial charge on any atom is 0.403 e. The van der Waals surface area contributed by atoms with Gasteiger partial charge in [0.05, 0.1) is 12.1 Å². The Hall–Kier alpha value is -3.48. The van der Waals surface area contributed by atoms with Gasteiger partial charge in [0, 0.05) is 38.1 Å². The van der Waals surface area contributed by atoms with Gasteiger partial charge in [-0.2, -0.15) is 13.2 Å². The molecule has 2 saturated carbocycles. The topological polar surface area (TPSA) is 92.2 Å². The zero-order chi connectivity index (χ0) is 32.7. The Bertz CT molecular complexity index is 1580. The molecule has 8 nitrogen and oxygen atoms in total. The number of carbonyl (C=O) groups excluding carboxylic acids is 2. The second kappa shape index (κ2) is 12.7. The number of imidazole rings is 1. The first-order valence-electron chi connectivity index (χ1n) is 15.0. The highest BCUT2D eigenvalue weighted by Crippen LogP contribution is 2.57. The summed E-state index contributed by atoms with van der Waals surface area (Å²) in [5, 5.41) is 5.84.